The number of hydrogen-bond donors (Lipinski definition) is 0. The molecule has 3 heteroatoms. The van der Waals surface area contributed by atoms with Crippen molar-refractivity contribution < 1.29 is 14.3 Å². The van der Waals surface area contributed by atoms with Crippen LogP contribution in [0.4, 0.5) is 0 Å². The van der Waals surface area contributed by atoms with Crippen molar-refractivity contribution in [1.82, 2.24) is 0 Å². The van der Waals surface area contributed by atoms with Crippen LogP contribution in [0.1, 0.15) is 107 Å². The van der Waals surface area contributed by atoms with Gasteiger partial charge in [-0.05, 0) is 104 Å². The predicted molar refractivity (Wildman–Crippen MR) is 142 cm³/mol. The number of fused-ring (bicyclic) bond motifs is 4. The highest BCUT2D eigenvalue weighted by atomic mass is 16.5. The second-order valence-electron chi connectivity index (χ2n) is 14.1. The summed E-state index contributed by atoms with van der Waals surface area (Å²) in [5.74, 6) is 5.85. The Bertz CT molecular complexity index is 929. The minimum absolute atomic E-state index is 0.0129. The highest BCUT2D eigenvalue weighted by molar-refractivity contribution is 5.66. The van der Waals surface area contributed by atoms with Crippen molar-refractivity contribution in [2.45, 2.75) is 113 Å². The fourth-order valence-corrected chi connectivity index (χ4v) is 9.52. The highest BCUT2D eigenvalue weighted by Gasteiger charge is 2.61. The van der Waals surface area contributed by atoms with Crippen molar-refractivity contribution in [3.8, 4) is 0 Å². The zero-order chi connectivity index (χ0) is 25.3. The van der Waals surface area contributed by atoms with Crippen LogP contribution < -0.4 is 0 Å². The van der Waals surface area contributed by atoms with Crippen LogP contribution >= 0.6 is 0 Å². The Morgan fingerprint density at radius 2 is 1.80 bits per heavy atom. The molecule has 9 unspecified atom stereocenters. The molecule has 5 aliphatic rings. The van der Waals surface area contributed by atoms with E-state index in [9.17, 15) is 4.79 Å². The molecule has 0 radical (unpaired) electrons. The van der Waals surface area contributed by atoms with Gasteiger partial charge in [0.15, 0.2) is 0 Å². The third-order valence-electron chi connectivity index (χ3n) is 12.2. The minimum Gasteiger partial charge on any atom is -0.497 e. The number of allylic oxidation sites excluding steroid dienone is 3. The molecule has 9 atom stereocenters. The number of esters is 1. The molecule has 0 amide bonds. The van der Waals surface area contributed by atoms with E-state index < -0.39 is 0 Å². The molecular weight excluding hydrogens is 432 g/mol. The van der Waals surface area contributed by atoms with Gasteiger partial charge in [0.25, 0.3) is 0 Å². The lowest BCUT2D eigenvalue weighted by Gasteiger charge is -2.45. The molecule has 0 saturated heterocycles. The summed E-state index contributed by atoms with van der Waals surface area (Å²) in [4.78, 5) is 11.6. The topological polar surface area (TPSA) is 35.5 Å². The Labute approximate surface area is 214 Å². The van der Waals surface area contributed by atoms with Crippen LogP contribution in [0.2, 0.25) is 0 Å². The maximum absolute atomic E-state index is 11.6. The molecular formula is C32H50O3. The first kappa shape index (κ1) is 25.4. The van der Waals surface area contributed by atoms with Gasteiger partial charge in [-0.1, -0.05) is 53.2 Å². The largest absolute Gasteiger partial charge is 0.497 e. The molecule has 3 nitrogen and oxygen atoms in total. The van der Waals surface area contributed by atoms with Gasteiger partial charge >= 0.3 is 5.97 Å². The Morgan fingerprint density at radius 1 is 1.06 bits per heavy atom. The summed E-state index contributed by atoms with van der Waals surface area (Å²) in [5.41, 5.74) is 3.92. The predicted octanol–water partition coefficient (Wildman–Crippen LogP) is 8.10. The summed E-state index contributed by atoms with van der Waals surface area (Å²) in [6, 6.07) is 0. The summed E-state index contributed by atoms with van der Waals surface area (Å²) in [5, 5.41) is 0. The number of rotatable bonds is 5. The van der Waals surface area contributed by atoms with Crippen LogP contribution in [-0.2, 0) is 14.3 Å². The molecule has 0 aromatic heterocycles. The van der Waals surface area contributed by atoms with E-state index in [1.54, 1.807) is 5.57 Å². The fraction of sp³-hybridized carbons (Fsp3) is 0.844. The van der Waals surface area contributed by atoms with E-state index in [2.05, 4.69) is 54.5 Å². The molecule has 0 aromatic rings. The van der Waals surface area contributed by atoms with E-state index in [0.717, 1.165) is 61.9 Å². The normalized spacial score (nSPS) is 44.3. The van der Waals surface area contributed by atoms with Crippen LogP contribution in [0.25, 0.3) is 0 Å². The lowest BCUT2D eigenvalue weighted by Crippen LogP contribution is -2.38. The second kappa shape index (κ2) is 8.66. The molecule has 3 fully saturated rings. The lowest BCUT2D eigenvalue weighted by molar-refractivity contribution is -0.147. The van der Waals surface area contributed by atoms with Gasteiger partial charge in [-0.15, -0.1) is 0 Å². The van der Waals surface area contributed by atoms with Gasteiger partial charge in [-0.3, -0.25) is 4.79 Å². The van der Waals surface area contributed by atoms with Crippen molar-refractivity contribution in [2.75, 3.05) is 6.61 Å². The van der Waals surface area contributed by atoms with Gasteiger partial charge in [0.2, 0.25) is 0 Å². The molecule has 0 N–H and O–H groups in total. The van der Waals surface area contributed by atoms with E-state index >= 15 is 0 Å². The first-order chi connectivity index (χ1) is 16.4. The molecule has 1 aliphatic heterocycles. The number of hydrogen-bond acceptors (Lipinski definition) is 3. The summed E-state index contributed by atoms with van der Waals surface area (Å²) in [7, 11) is 0. The summed E-state index contributed by atoms with van der Waals surface area (Å²) >= 11 is 0. The number of ether oxygens (including phenoxy) is 2. The second-order valence-corrected chi connectivity index (χ2v) is 14.1. The standard InChI is InChI=1S/C32H50O3/c1-19(2)21(4)32(8)18-28(32)20(3)26-11-12-27-25-10-9-23-17-24(35-22(5)33)13-14-30(23,6)29(25)34-16-15-31(26,27)7/h9,19-21,24,26-28H,10-18H2,1-8H3. The average Bonchev–Trinajstić information content (AvgIpc) is 3.41. The summed E-state index contributed by atoms with van der Waals surface area (Å²) < 4.78 is 12.4. The van der Waals surface area contributed by atoms with Gasteiger partial charge in [-0.2, -0.15) is 0 Å². The Kier molecular flexibility index (Phi) is 6.28. The van der Waals surface area contributed by atoms with Crippen LogP contribution in [0, 0.1) is 51.8 Å². The maximum Gasteiger partial charge on any atom is 0.302 e. The highest BCUT2D eigenvalue weighted by Crippen LogP contribution is 2.68. The van der Waals surface area contributed by atoms with E-state index in [-0.39, 0.29) is 17.5 Å². The number of carbonyl (C=O) groups excluding carboxylic acids is 1. The first-order valence-corrected chi connectivity index (χ1v) is 14.6. The molecule has 3 saturated carbocycles. The molecule has 0 spiro atoms. The Balaban J connectivity index is 1.38. The van der Waals surface area contributed by atoms with Crippen LogP contribution in [0.3, 0.4) is 0 Å². The maximum atomic E-state index is 11.6. The molecule has 0 aromatic carbocycles. The van der Waals surface area contributed by atoms with Crippen LogP contribution in [-0.4, -0.2) is 18.7 Å². The van der Waals surface area contributed by atoms with Crippen molar-refractivity contribution in [2.24, 2.45) is 51.8 Å². The van der Waals surface area contributed by atoms with Gasteiger partial charge in [0.1, 0.15) is 11.9 Å². The van der Waals surface area contributed by atoms with Gasteiger partial charge in [0.05, 0.1) is 6.61 Å². The van der Waals surface area contributed by atoms with Gasteiger partial charge in [-0.25, -0.2) is 0 Å². The average molecular weight is 483 g/mol. The summed E-state index contributed by atoms with van der Waals surface area (Å²) in [6.07, 6.45) is 11.7. The Morgan fingerprint density at radius 3 is 2.49 bits per heavy atom. The smallest absolute Gasteiger partial charge is 0.302 e. The third kappa shape index (κ3) is 3.93. The molecule has 0 bridgehead atoms. The molecule has 1 heterocycles. The van der Waals surface area contributed by atoms with Crippen LogP contribution in [0.5, 0.6) is 0 Å². The quantitative estimate of drug-likeness (QED) is 0.293. The van der Waals surface area contributed by atoms with Crippen molar-refractivity contribution in [3.63, 3.8) is 0 Å². The molecule has 5 rings (SSSR count). The lowest BCUT2D eigenvalue weighted by atomic mass is 9.60. The number of carbonyl (C=O) groups is 1. The molecule has 196 valence electrons. The van der Waals surface area contributed by atoms with E-state index in [0.29, 0.717) is 16.7 Å². The van der Waals surface area contributed by atoms with Crippen LogP contribution in [0.15, 0.2) is 23.0 Å². The summed E-state index contributed by atoms with van der Waals surface area (Å²) in [6.45, 7) is 19.9. The first-order valence-electron chi connectivity index (χ1n) is 14.6. The molecule has 35 heavy (non-hydrogen) atoms. The monoisotopic (exact) mass is 482 g/mol. The van der Waals surface area contributed by atoms with E-state index in [1.165, 1.54) is 43.9 Å². The Hall–Kier alpha value is -1.25. The zero-order valence-electron chi connectivity index (χ0n) is 23.7. The zero-order valence-corrected chi connectivity index (χ0v) is 23.7. The van der Waals surface area contributed by atoms with Gasteiger partial charge in [0, 0.05) is 18.8 Å². The van der Waals surface area contributed by atoms with E-state index in [4.69, 9.17) is 9.47 Å². The van der Waals surface area contributed by atoms with Crippen molar-refractivity contribution in [3.05, 3.63) is 23.0 Å². The van der Waals surface area contributed by atoms with Crippen molar-refractivity contribution in [1.29, 1.82) is 0 Å². The minimum atomic E-state index is -0.155. The third-order valence-corrected chi connectivity index (χ3v) is 12.2. The van der Waals surface area contributed by atoms with E-state index in [1.807, 2.05) is 0 Å². The fourth-order valence-electron chi connectivity index (χ4n) is 9.52. The van der Waals surface area contributed by atoms with Gasteiger partial charge < -0.3 is 9.47 Å². The molecule has 4 aliphatic carbocycles. The SMILES string of the molecule is CC(=O)OC1CCC2(C)C(=CCC3=C2OCCC2(C)C3CCC2C(C)C2CC2(C)C(C)C(C)C)C1. The van der Waals surface area contributed by atoms with Crippen molar-refractivity contribution >= 4 is 5.97 Å².